The molecule has 0 unspecified atom stereocenters. The van der Waals surface area contributed by atoms with Gasteiger partial charge >= 0.3 is 6.18 Å². The molecule has 24 heavy (non-hydrogen) atoms. The monoisotopic (exact) mass is 358 g/mol. The second-order valence-electron chi connectivity index (χ2n) is 5.59. The van der Waals surface area contributed by atoms with E-state index in [4.69, 9.17) is 11.5 Å². The molecule has 0 aliphatic rings. The Hall–Kier alpha value is -1.56. The van der Waals surface area contributed by atoms with Crippen LogP contribution < -0.4 is 11.5 Å². The number of benzene rings is 2. The van der Waals surface area contributed by atoms with E-state index in [1.54, 1.807) is 0 Å². The second-order valence-corrected chi connectivity index (χ2v) is 5.59. The number of hydrogen-bond donors (Lipinski definition) is 2. The second kappa shape index (κ2) is 9.06. The Balaban J connectivity index is 0.00000288. The molecule has 2 nitrogen and oxygen atoms in total. The van der Waals surface area contributed by atoms with Crippen molar-refractivity contribution < 1.29 is 13.2 Å². The lowest BCUT2D eigenvalue weighted by Gasteiger charge is -2.13. The number of hydrogen-bond acceptors (Lipinski definition) is 2. The molecule has 0 spiro atoms. The Kier molecular flexibility index (Phi) is 7.73. The Morgan fingerprint density at radius 1 is 0.833 bits per heavy atom. The standard InChI is InChI=1S/C18H21F3N2.ClH/c19-18(20,21)16-10-8-14(9-11-16)13-4-6-15(7-5-13)17(23)3-1-2-12-22;/h4-11,17H,1-3,12,22-23H2;1H/t17-;/m0./s1. The molecule has 132 valence electrons. The predicted molar refractivity (Wildman–Crippen MR) is 94.0 cm³/mol. The molecule has 1 atom stereocenters. The SMILES string of the molecule is Cl.NCCCC[C@H](N)c1ccc(-c2ccc(C(F)(F)F)cc2)cc1. The van der Waals surface area contributed by atoms with Crippen LogP contribution in [-0.2, 0) is 6.18 Å². The molecule has 0 aromatic heterocycles. The number of halogens is 4. The minimum absolute atomic E-state index is 0. The molecule has 2 aromatic rings. The zero-order valence-corrected chi connectivity index (χ0v) is 14.0. The quantitative estimate of drug-likeness (QED) is 0.720. The van der Waals surface area contributed by atoms with Crippen molar-refractivity contribution in [3.63, 3.8) is 0 Å². The van der Waals surface area contributed by atoms with Crippen LogP contribution in [-0.4, -0.2) is 6.54 Å². The summed E-state index contributed by atoms with van der Waals surface area (Å²) in [6.45, 7) is 0.666. The topological polar surface area (TPSA) is 52.0 Å². The fraction of sp³-hybridized carbons (Fsp3) is 0.333. The number of alkyl halides is 3. The first-order chi connectivity index (χ1) is 10.9. The predicted octanol–water partition coefficient (Wildman–Crippen LogP) is 4.92. The molecule has 0 saturated carbocycles. The van der Waals surface area contributed by atoms with Crippen LogP contribution in [0.1, 0.15) is 36.4 Å². The lowest BCUT2D eigenvalue weighted by Crippen LogP contribution is -2.11. The van der Waals surface area contributed by atoms with E-state index in [1.165, 1.54) is 12.1 Å². The van der Waals surface area contributed by atoms with Gasteiger partial charge in [0.05, 0.1) is 5.56 Å². The summed E-state index contributed by atoms with van der Waals surface area (Å²) in [5.74, 6) is 0. The van der Waals surface area contributed by atoms with Crippen molar-refractivity contribution in [1.29, 1.82) is 0 Å². The Bertz CT molecular complexity index is 610. The first-order valence-corrected chi connectivity index (χ1v) is 7.65. The molecule has 0 amide bonds. The third kappa shape index (κ3) is 5.51. The average Bonchev–Trinajstić information content (AvgIpc) is 2.54. The van der Waals surface area contributed by atoms with Crippen LogP contribution in [0.25, 0.3) is 11.1 Å². The molecule has 4 N–H and O–H groups in total. The minimum atomic E-state index is -4.31. The summed E-state index contributed by atoms with van der Waals surface area (Å²) < 4.78 is 37.7. The molecule has 6 heteroatoms. The summed E-state index contributed by atoms with van der Waals surface area (Å²) in [5, 5.41) is 0. The lowest BCUT2D eigenvalue weighted by molar-refractivity contribution is -0.137. The van der Waals surface area contributed by atoms with Gasteiger partial charge in [0.25, 0.3) is 0 Å². The van der Waals surface area contributed by atoms with Crippen molar-refractivity contribution >= 4 is 12.4 Å². The molecule has 2 aromatic carbocycles. The average molecular weight is 359 g/mol. The molecule has 0 radical (unpaired) electrons. The molecule has 0 aliphatic heterocycles. The maximum Gasteiger partial charge on any atom is 0.416 e. The van der Waals surface area contributed by atoms with Gasteiger partial charge in [0.15, 0.2) is 0 Å². The summed E-state index contributed by atoms with van der Waals surface area (Å²) >= 11 is 0. The van der Waals surface area contributed by atoms with E-state index in [-0.39, 0.29) is 18.4 Å². The van der Waals surface area contributed by atoms with Crippen LogP contribution in [0, 0.1) is 0 Å². The van der Waals surface area contributed by atoms with Crippen LogP contribution in [0.3, 0.4) is 0 Å². The maximum atomic E-state index is 12.6. The van der Waals surface area contributed by atoms with Crippen molar-refractivity contribution in [3.8, 4) is 11.1 Å². The van der Waals surface area contributed by atoms with Gasteiger partial charge in [-0.2, -0.15) is 13.2 Å². The van der Waals surface area contributed by atoms with Crippen LogP contribution >= 0.6 is 12.4 Å². The highest BCUT2D eigenvalue weighted by molar-refractivity contribution is 5.85. The van der Waals surface area contributed by atoms with Gasteiger partial charge in [0.2, 0.25) is 0 Å². The molecule has 0 aliphatic carbocycles. The van der Waals surface area contributed by atoms with Gasteiger partial charge in [-0.1, -0.05) is 42.8 Å². The lowest BCUT2D eigenvalue weighted by atomic mass is 9.98. The van der Waals surface area contributed by atoms with Crippen molar-refractivity contribution in [2.24, 2.45) is 11.5 Å². The Labute approximate surface area is 146 Å². The third-order valence-electron chi connectivity index (χ3n) is 3.85. The van der Waals surface area contributed by atoms with Gasteiger partial charge < -0.3 is 11.5 Å². The zero-order valence-electron chi connectivity index (χ0n) is 13.2. The smallest absolute Gasteiger partial charge is 0.330 e. The van der Waals surface area contributed by atoms with E-state index >= 15 is 0 Å². The normalized spacial score (nSPS) is 12.5. The number of nitrogens with two attached hydrogens (primary N) is 2. The summed E-state index contributed by atoms with van der Waals surface area (Å²) in [6.07, 6.45) is -1.49. The number of unbranched alkanes of at least 4 members (excludes halogenated alkanes) is 1. The Morgan fingerprint density at radius 2 is 1.33 bits per heavy atom. The Morgan fingerprint density at radius 3 is 1.79 bits per heavy atom. The van der Waals surface area contributed by atoms with Gasteiger partial charge in [-0.25, -0.2) is 0 Å². The van der Waals surface area contributed by atoms with Gasteiger partial charge in [-0.3, -0.25) is 0 Å². The van der Waals surface area contributed by atoms with Crippen LogP contribution in [0.5, 0.6) is 0 Å². The molecule has 0 heterocycles. The maximum absolute atomic E-state index is 12.6. The highest BCUT2D eigenvalue weighted by atomic mass is 35.5. The third-order valence-corrected chi connectivity index (χ3v) is 3.85. The van der Waals surface area contributed by atoms with Crippen molar-refractivity contribution in [2.75, 3.05) is 6.54 Å². The van der Waals surface area contributed by atoms with Crippen molar-refractivity contribution in [3.05, 3.63) is 59.7 Å². The van der Waals surface area contributed by atoms with Crippen molar-refractivity contribution in [1.82, 2.24) is 0 Å². The van der Waals surface area contributed by atoms with E-state index in [1.807, 2.05) is 24.3 Å². The van der Waals surface area contributed by atoms with Crippen LogP contribution in [0.2, 0.25) is 0 Å². The van der Waals surface area contributed by atoms with Crippen LogP contribution in [0.4, 0.5) is 13.2 Å². The molecular weight excluding hydrogens is 337 g/mol. The van der Waals surface area contributed by atoms with Gasteiger partial charge in [0, 0.05) is 6.04 Å². The fourth-order valence-electron chi connectivity index (χ4n) is 2.45. The highest BCUT2D eigenvalue weighted by Crippen LogP contribution is 2.31. The summed E-state index contributed by atoms with van der Waals surface area (Å²) in [4.78, 5) is 0. The first kappa shape index (κ1) is 20.5. The fourth-order valence-corrected chi connectivity index (χ4v) is 2.45. The first-order valence-electron chi connectivity index (χ1n) is 7.65. The highest BCUT2D eigenvalue weighted by Gasteiger charge is 2.29. The van der Waals surface area contributed by atoms with E-state index < -0.39 is 11.7 Å². The van der Waals surface area contributed by atoms with E-state index in [2.05, 4.69) is 0 Å². The van der Waals surface area contributed by atoms with E-state index in [0.29, 0.717) is 6.54 Å². The van der Waals surface area contributed by atoms with Crippen LogP contribution in [0.15, 0.2) is 48.5 Å². The molecule has 0 fully saturated rings. The van der Waals surface area contributed by atoms with E-state index in [9.17, 15) is 13.2 Å². The summed E-state index contributed by atoms with van der Waals surface area (Å²) in [6, 6.07) is 12.8. The van der Waals surface area contributed by atoms with Gasteiger partial charge in [0.1, 0.15) is 0 Å². The number of rotatable bonds is 6. The van der Waals surface area contributed by atoms with E-state index in [0.717, 1.165) is 48.1 Å². The van der Waals surface area contributed by atoms with Gasteiger partial charge in [-0.15, -0.1) is 12.4 Å². The largest absolute Gasteiger partial charge is 0.416 e. The summed E-state index contributed by atoms with van der Waals surface area (Å²) in [5.41, 5.74) is 13.6. The molecule has 0 saturated heterocycles. The molecule has 0 bridgehead atoms. The minimum Gasteiger partial charge on any atom is -0.330 e. The zero-order chi connectivity index (χ0) is 16.9. The summed E-state index contributed by atoms with van der Waals surface area (Å²) in [7, 11) is 0. The molecule has 2 rings (SSSR count). The molecular formula is C18H22ClF3N2. The van der Waals surface area contributed by atoms with Gasteiger partial charge in [-0.05, 0) is 48.2 Å². The van der Waals surface area contributed by atoms with Crippen molar-refractivity contribution in [2.45, 2.75) is 31.5 Å².